The summed E-state index contributed by atoms with van der Waals surface area (Å²) >= 11 is 0. The van der Waals surface area contributed by atoms with E-state index in [2.05, 4.69) is 58.5 Å². The van der Waals surface area contributed by atoms with E-state index in [0.717, 1.165) is 59.4 Å². The standard InChI is InChI=1S/C28H26N4O2/c1-33-22-14-29-27(28-24(22)16-8-3-6-11-19(16)31-28)21-13-7-12-20-26-25(23(34-2)15-32(20)21)17-9-4-5-10-18(17)30-26/h3-6,8-11,14,21,30-31H,7,12-13,15H2,1-2H3/p+1/t21-/m0/s1. The molecule has 1 unspecified atom stereocenters. The van der Waals surface area contributed by atoms with E-state index in [1.165, 1.54) is 37.5 Å². The molecule has 6 heteroatoms. The first-order chi connectivity index (χ1) is 16.8. The molecule has 3 aromatic heterocycles. The van der Waals surface area contributed by atoms with Crippen LogP contribution in [0.2, 0.25) is 0 Å². The van der Waals surface area contributed by atoms with Gasteiger partial charge in [0.05, 0.1) is 36.5 Å². The molecule has 34 heavy (non-hydrogen) atoms. The highest BCUT2D eigenvalue weighted by molar-refractivity contribution is 6.11. The number of H-pyrrole nitrogens is 2. The van der Waals surface area contributed by atoms with Gasteiger partial charge in [0.15, 0.2) is 5.76 Å². The Kier molecular flexibility index (Phi) is 4.26. The number of fused-ring (bicyclic) bond motifs is 7. The zero-order valence-electron chi connectivity index (χ0n) is 19.4. The highest BCUT2D eigenvalue weighted by Crippen LogP contribution is 2.37. The number of quaternary nitrogens is 1. The number of hydrogen-bond donors (Lipinski definition) is 3. The first kappa shape index (κ1) is 19.7. The average molecular weight is 452 g/mol. The van der Waals surface area contributed by atoms with E-state index >= 15 is 0 Å². The number of aromatic amines is 2. The highest BCUT2D eigenvalue weighted by atomic mass is 16.5. The van der Waals surface area contributed by atoms with Crippen LogP contribution in [0, 0.1) is 0 Å². The Hall–Kier alpha value is -3.77. The molecule has 1 saturated heterocycles. The summed E-state index contributed by atoms with van der Waals surface area (Å²) in [6, 6.07) is 17.2. The number of benzene rings is 2. The Morgan fingerprint density at radius 2 is 1.71 bits per heavy atom. The van der Waals surface area contributed by atoms with Gasteiger partial charge < -0.3 is 19.4 Å². The molecule has 2 atom stereocenters. The molecule has 0 saturated carbocycles. The SMILES string of the molecule is COC1=c2c([nH]c3ccccc23)=C2CCC[C@@H](c3ncc(OC)c4c3[nH]c3ccccc34)[NH+]2C1. The zero-order valence-corrected chi connectivity index (χ0v) is 19.4. The molecular formula is C28H27N4O2+. The van der Waals surface area contributed by atoms with Gasteiger partial charge in [0.25, 0.3) is 0 Å². The molecule has 5 heterocycles. The number of rotatable bonds is 3. The van der Waals surface area contributed by atoms with Gasteiger partial charge in [-0.1, -0.05) is 36.4 Å². The summed E-state index contributed by atoms with van der Waals surface area (Å²) < 4.78 is 11.7. The van der Waals surface area contributed by atoms with Crippen LogP contribution >= 0.6 is 0 Å². The molecular weight excluding hydrogens is 424 g/mol. The summed E-state index contributed by atoms with van der Waals surface area (Å²) in [5, 5.41) is 5.99. The van der Waals surface area contributed by atoms with Gasteiger partial charge in [-0.05, 0) is 18.6 Å². The maximum atomic E-state index is 6.00. The van der Waals surface area contributed by atoms with Crippen LogP contribution in [-0.4, -0.2) is 35.7 Å². The Morgan fingerprint density at radius 1 is 0.941 bits per heavy atom. The molecule has 3 N–H and O–H groups in total. The Labute approximate surface area is 196 Å². The van der Waals surface area contributed by atoms with Crippen molar-refractivity contribution < 1.29 is 14.4 Å². The number of methoxy groups -OCH3 is 2. The summed E-state index contributed by atoms with van der Waals surface area (Å²) in [7, 11) is 3.52. The summed E-state index contributed by atoms with van der Waals surface area (Å²) in [5.74, 6) is 1.85. The first-order valence-corrected chi connectivity index (χ1v) is 11.9. The number of hydrogen-bond acceptors (Lipinski definition) is 3. The first-order valence-electron chi connectivity index (χ1n) is 11.9. The van der Waals surface area contributed by atoms with Crippen LogP contribution in [0.4, 0.5) is 0 Å². The van der Waals surface area contributed by atoms with Crippen molar-refractivity contribution in [3.05, 3.63) is 71.0 Å². The van der Waals surface area contributed by atoms with Gasteiger partial charge in [-0.15, -0.1) is 0 Å². The number of nitrogens with one attached hydrogen (secondary N) is 3. The van der Waals surface area contributed by atoms with Crippen molar-refractivity contribution in [3.63, 3.8) is 0 Å². The molecule has 0 radical (unpaired) electrons. The van der Waals surface area contributed by atoms with Crippen molar-refractivity contribution in [3.8, 4) is 5.75 Å². The van der Waals surface area contributed by atoms with Crippen molar-refractivity contribution in [1.29, 1.82) is 0 Å². The lowest BCUT2D eigenvalue weighted by molar-refractivity contribution is -0.862. The monoisotopic (exact) mass is 451 g/mol. The van der Waals surface area contributed by atoms with Crippen LogP contribution < -0.4 is 20.2 Å². The number of nitrogens with zero attached hydrogens (tertiary/aromatic N) is 1. The molecule has 1 fully saturated rings. The third-order valence-corrected chi connectivity index (χ3v) is 7.69. The van der Waals surface area contributed by atoms with Crippen molar-refractivity contribution in [2.45, 2.75) is 25.3 Å². The third kappa shape index (κ3) is 2.63. The second-order valence-electron chi connectivity index (χ2n) is 9.31. The van der Waals surface area contributed by atoms with Gasteiger partial charge in [0.2, 0.25) is 0 Å². The van der Waals surface area contributed by atoms with Gasteiger partial charge >= 0.3 is 0 Å². The molecule has 0 bridgehead atoms. The average Bonchev–Trinajstić information content (AvgIpc) is 3.47. The van der Waals surface area contributed by atoms with E-state index in [0.29, 0.717) is 0 Å². The zero-order chi connectivity index (χ0) is 22.8. The van der Waals surface area contributed by atoms with Crippen molar-refractivity contribution in [2.75, 3.05) is 20.8 Å². The van der Waals surface area contributed by atoms with E-state index in [9.17, 15) is 0 Å². The summed E-state index contributed by atoms with van der Waals surface area (Å²) in [6.07, 6.45) is 5.19. The lowest BCUT2D eigenvalue weighted by Gasteiger charge is -2.35. The van der Waals surface area contributed by atoms with Crippen molar-refractivity contribution >= 4 is 44.2 Å². The topological polar surface area (TPSA) is 67.4 Å². The van der Waals surface area contributed by atoms with E-state index in [1.54, 1.807) is 14.2 Å². The van der Waals surface area contributed by atoms with Crippen LogP contribution in [-0.2, 0) is 4.74 Å². The Balaban J connectivity index is 1.48. The predicted molar refractivity (Wildman–Crippen MR) is 134 cm³/mol. The van der Waals surface area contributed by atoms with Crippen molar-refractivity contribution in [2.24, 2.45) is 0 Å². The molecule has 2 aliphatic heterocycles. The Morgan fingerprint density at radius 3 is 2.50 bits per heavy atom. The third-order valence-electron chi connectivity index (χ3n) is 7.69. The summed E-state index contributed by atoms with van der Waals surface area (Å²) in [6.45, 7) is 0.820. The molecule has 7 rings (SSSR count). The molecule has 2 aromatic carbocycles. The molecule has 0 aliphatic carbocycles. The van der Waals surface area contributed by atoms with Crippen molar-refractivity contribution in [1.82, 2.24) is 15.0 Å². The number of aromatic nitrogens is 3. The van der Waals surface area contributed by atoms with Gasteiger partial charge in [-0.2, -0.15) is 0 Å². The van der Waals surface area contributed by atoms with Crippen LogP contribution in [0.5, 0.6) is 5.75 Å². The number of pyridine rings is 1. The lowest BCUT2D eigenvalue weighted by atomic mass is 9.93. The second-order valence-corrected chi connectivity index (χ2v) is 9.31. The van der Waals surface area contributed by atoms with E-state index in [4.69, 9.17) is 14.5 Å². The second kappa shape index (κ2) is 7.37. The predicted octanol–water partition coefficient (Wildman–Crippen LogP) is 2.89. The molecule has 6 nitrogen and oxygen atoms in total. The summed E-state index contributed by atoms with van der Waals surface area (Å²) in [5.41, 5.74) is 5.90. The Bertz CT molecular complexity index is 1710. The number of ether oxygens (including phenoxy) is 2. The minimum absolute atomic E-state index is 0.231. The largest absolute Gasteiger partial charge is 0.494 e. The maximum absolute atomic E-state index is 6.00. The minimum Gasteiger partial charge on any atom is -0.494 e. The van der Waals surface area contributed by atoms with E-state index in [-0.39, 0.29) is 6.04 Å². The van der Waals surface area contributed by atoms with Crippen LogP contribution in [0.1, 0.15) is 31.0 Å². The molecule has 0 spiro atoms. The fraction of sp³-hybridized carbons (Fsp3) is 0.250. The highest BCUT2D eigenvalue weighted by Gasteiger charge is 2.39. The van der Waals surface area contributed by atoms with Gasteiger partial charge in [0, 0.05) is 34.6 Å². The fourth-order valence-electron chi connectivity index (χ4n) is 6.21. The minimum atomic E-state index is 0.231. The van der Waals surface area contributed by atoms with Crippen LogP contribution in [0.3, 0.4) is 0 Å². The quantitative estimate of drug-likeness (QED) is 0.395. The molecule has 170 valence electrons. The van der Waals surface area contributed by atoms with Gasteiger partial charge in [-0.3, -0.25) is 4.90 Å². The van der Waals surface area contributed by atoms with Gasteiger partial charge in [0.1, 0.15) is 35.1 Å². The van der Waals surface area contributed by atoms with Crippen LogP contribution in [0.15, 0.2) is 54.7 Å². The molecule has 2 aliphatic rings. The van der Waals surface area contributed by atoms with E-state index < -0.39 is 0 Å². The normalized spacial score (nSPS) is 20.1. The maximum Gasteiger partial charge on any atom is 0.160 e. The smallest absolute Gasteiger partial charge is 0.160 e. The van der Waals surface area contributed by atoms with Gasteiger partial charge in [-0.25, -0.2) is 4.98 Å². The number of para-hydroxylation sites is 2. The lowest BCUT2D eigenvalue weighted by Crippen LogP contribution is -3.12. The van der Waals surface area contributed by atoms with E-state index in [1.807, 2.05) is 6.20 Å². The molecule has 5 aromatic rings. The summed E-state index contributed by atoms with van der Waals surface area (Å²) in [4.78, 5) is 13.8. The fourth-order valence-corrected chi connectivity index (χ4v) is 6.21. The number of piperidine rings is 1. The van der Waals surface area contributed by atoms with Crippen LogP contribution in [0.25, 0.3) is 44.2 Å². The molecule has 0 amide bonds.